The second-order valence-electron chi connectivity index (χ2n) is 6.77. The van der Waals surface area contributed by atoms with Gasteiger partial charge in [-0.05, 0) is 50.0 Å². The molecule has 0 aliphatic carbocycles. The van der Waals surface area contributed by atoms with Crippen LogP contribution in [0.4, 0.5) is 0 Å². The molecule has 23 heavy (non-hydrogen) atoms. The lowest BCUT2D eigenvalue weighted by Gasteiger charge is -2.31. The Hall–Kier alpha value is -1.14. The van der Waals surface area contributed by atoms with Crippen LogP contribution < -0.4 is 4.74 Å². The summed E-state index contributed by atoms with van der Waals surface area (Å²) in [4.78, 5) is 4.61. The molecule has 0 spiro atoms. The summed E-state index contributed by atoms with van der Waals surface area (Å²) in [5.41, 5.74) is 1.27. The van der Waals surface area contributed by atoms with Crippen molar-refractivity contribution in [3.05, 3.63) is 29.8 Å². The van der Waals surface area contributed by atoms with Gasteiger partial charge in [0.1, 0.15) is 18.5 Å². The smallest absolute Gasteiger partial charge is 0.119 e. The van der Waals surface area contributed by atoms with E-state index in [2.05, 4.69) is 21.9 Å². The van der Waals surface area contributed by atoms with Crippen LogP contribution in [0, 0.1) is 0 Å². The SMILES string of the molecule is OC1CCN(C[C@@H](O)COc2cccc(CN3CCC3)c2)CC1. The number of likely N-dealkylation sites (tertiary alicyclic amines) is 2. The summed E-state index contributed by atoms with van der Waals surface area (Å²) in [6.07, 6.45) is 2.23. The van der Waals surface area contributed by atoms with E-state index in [9.17, 15) is 10.2 Å². The zero-order valence-electron chi connectivity index (χ0n) is 13.7. The van der Waals surface area contributed by atoms with E-state index < -0.39 is 6.10 Å². The number of aliphatic hydroxyl groups excluding tert-OH is 2. The number of ether oxygens (including phenoxy) is 1. The fourth-order valence-electron chi connectivity index (χ4n) is 3.18. The van der Waals surface area contributed by atoms with Crippen molar-refractivity contribution in [2.24, 2.45) is 0 Å². The van der Waals surface area contributed by atoms with Crippen LogP contribution in [0.2, 0.25) is 0 Å². The van der Waals surface area contributed by atoms with Gasteiger partial charge in [-0.2, -0.15) is 0 Å². The third-order valence-corrected chi connectivity index (χ3v) is 4.72. The Morgan fingerprint density at radius 3 is 2.61 bits per heavy atom. The number of β-amino-alcohol motifs (C(OH)–C–C–N with tert-alkyl or cyclic N) is 1. The van der Waals surface area contributed by atoms with E-state index >= 15 is 0 Å². The lowest BCUT2D eigenvalue weighted by atomic mass is 10.1. The molecular formula is C18H28N2O3. The molecule has 1 atom stereocenters. The molecule has 0 unspecified atom stereocenters. The Bertz CT molecular complexity index is 485. The Kier molecular flexibility index (Phi) is 5.89. The van der Waals surface area contributed by atoms with Crippen LogP contribution >= 0.6 is 0 Å². The molecule has 0 amide bonds. The molecule has 0 bridgehead atoms. The van der Waals surface area contributed by atoms with Gasteiger partial charge in [0, 0.05) is 26.2 Å². The maximum absolute atomic E-state index is 10.2. The summed E-state index contributed by atoms with van der Waals surface area (Å²) < 4.78 is 5.76. The first-order valence-electron chi connectivity index (χ1n) is 8.71. The Morgan fingerprint density at radius 1 is 1.13 bits per heavy atom. The molecule has 5 nitrogen and oxygen atoms in total. The van der Waals surface area contributed by atoms with Gasteiger partial charge in [0.05, 0.1) is 6.10 Å². The predicted molar refractivity (Wildman–Crippen MR) is 89.5 cm³/mol. The molecular weight excluding hydrogens is 292 g/mol. The number of aliphatic hydroxyl groups is 2. The minimum absolute atomic E-state index is 0.172. The van der Waals surface area contributed by atoms with Crippen LogP contribution in [0.25, 0.3) is 0 Å². The Balaban J connectivity index is 1.41. The molecule has 2 heterocycles. The van der Waals surface area contributed by atoms with Crippen molar-refractivity contribution in [2.45, 2.75) is 38.0 Å². The Morgan fingerprint density at radius 2 is 1.91 bits per heavy atom. The maximum atomic E-state index is 10.2. The summed E-state index contributed by atoms with van der Waals surface area (Å²) >= 11 is 0. The van der Waals surface area contributed by atoms with Crippen LogP contribution in [0.15, 0.2) is 24.3 Å². The van der Waals surface area contributed by atoms with E-state index in [4.69, 9.17) is 4.74 Å². The van der Waals surface area contributed by atoms with E-state index in [-0.39, 0.29) is 6.10 Å². The zero-order chi connectivity index (χ0) is 16.1. The van der Waals surface area contributed by atoms with Crippen molar-refractivity contribution in [1.82, 2.24) is 9.80 Å². The summed E-state index contributed by atoms with van der Waals surface area (Å²) in [6, 6.07) is 8.16. The third-order valence-electron chi connectivity index (χ3n) is 4.72. The standard InChI is InChI=1S/C18H28N2O3/c21-16-5-9-20(10-6-16)13-17(22)14-23-18-4-1-3-15(11-18)12-19-7-2-8-19/h1,3-4,11,16-17,21-22H,2,5-10,12-14H2/t17-/m1/s1. The highest BCUT2D eigenvalue weighted by Gasteiger charge is 2.19. The average Bonchev–Trinajstić information content (AvgIpc) is 2.52. The third kappa shape index (κ3) is 5.18. The first kappa shape index (κ1) is 16.7. The molecule has 128 valence electrons. The molecule has 2 aliphatic rings. The predicted octanol–water partition coefficient (Wildman–Crippen LogP) is 1.09. The molecule has 2 fully saturated rings. The van der Waals surface area contributed by atoms with Crippen LogP contribution in [0.3, 0.4) is 0 Å². The van der Waals surface area contributed by atoms with Gasteiger partial charge < -0.3 is 19.8 Å². The molecule has 0 saturated carbocycles. The van der Waals surface area contributed by atoms with Crippen LogP contribution in [-0.2, 0) is 6.54 Å². The number of rotatable bonds is 7. The van der Waals surface area contributed by atoms with Crippen molar-refractivity contribution in [3.8, 4) is 5.75 Å². The molecule has 3 rings (SSSR count). The highest BCUT2D eigenvalue weighted by Crippen LogP contribution is 2.18. The number of hydrogen-bond donors (Lipinski definition) is 2. The van der Waals surface area contributed by atoms with E-state index in [1.807, 2.05) is 12.1 Å². The fraction of sp³-hybridized carbons (Fsp3) is 0.667. The molecule has 2 saturated heterocycles. The van der Waals surface area contributed by atoms with Crippen molar-refractivity contribution >= 4 is 0 Å². The van der Waals surface area contributed by atoms with Gasteiger partial charge >= 0.3 is 0 Å². The summed E-state index contributed by atoms with van der Waals surface area (Å²) in [7, 11) is 0. The van der Waals surface area contributed by atoms with Crippen molar-refractivity contribution in [2.75, 3.05) is 39.3 Å². The minimum Gasteiger partial charge on any atom is -0.491 e. The Labute approximate surface area is 138 Å². The number of hydrogen-bond acceptors (Lipinski definition) is 5. The molecule has 2 N–H and O–H groups in total. The van der Waals surface area contributed by atoms with E-state index in [0.29, 0.717) is 13.2 Å². The van der Waals surface area contributed by atoms with Crippen molar-refractivity contribution in [1.29, 1.82) is 0 Å². The van der Waals surface area contributed by atoms with Crippen LogP contribution in [0.5, 0.6) is 5.75 Å². The largest absolute Gasteiger partial charge is 0.491 e. The van der Waals surface area contributed by atoms with Crippen LogP contribution in [0.1, 0.15) is 24.8 Å². The number of piperidine rings is 1. The van der Waals surface area contributed by atoms with E-state index in [1.165, 1.54) is 25.1 Å². The lowest BCUT2D eigenvalue weighted by molar-refractivity contribution is 0.0337. The quantitative estimate of drug-likeness (QED) is 0.788. The van der Waals surface area contributed by atoms with Crippen molar-refractivity contribution < 1.29 is 14.9 Å². The summed E-state index contributed by atoms with van der Waals surface area (Å²) in [5, 5.41) is 19.7. The van der Waals surface area contributed by atoms with Crippen LogP contribution in [-0.4, -0.2) is 71.6 Å². The summed E-state index contributed by atoms with van der Waals surface area (Å²) in [5.74, 6) is 0.830. The van der Waals surface area contributed by atoms with Gasteiger partial charge in [-0.25, -0.2) is 0 Å². The number of nitrogens with zero attached hydrogens (tertiary/aromatic N) is 2. The highest BCUT2D eigenvalue weighted by atomic mass is 16.5. The molecule has 1 aromatic carbocycles. The second-order valence-corrected chi connectivity index (χ2v) is 6.77. The zero-order valence-corrected chi connectivity index (χ0v) is 13.7. The minimum atomic E-state index is -0.496. The molecule has 5 heteroatoms. The molecule has 1 aromatic rings. The molecule has 2 aliphatic heterocycles. The fourth-order valence-corrected chi connectivity index (χ4v) is 3.18. The van der Waals surface area contributed by atoms with Gasteiger partial charge in [-0.1, -0.05) is 12.1 Å². The molecule has 0 aromatic heterocycles. The topological polar surface area (TPSA) is 56.2 Å². The van der Waals surface area contributed by atoms with Gasteiger partial charge in [-0.15, -0.1) is 0 Å². The first-order chi connectivity index (χ1) is 11.2. The number of benzene rings is 1. The van der Waals surface area contributed by atoms with Gasteiger partial charge in [0.15, 0.2) is 0 Å². The molecule has 0 radical (unpaired) electrons. The first-order valence-corrected chi connectivity index (χ1v) is 8.71. The van der Waals surface area contributed by atoms with E-state index in [0.717, 1.165) is 38.2 Å². The van der Waals surface area contributed by atoms with E-state index in [1.54, 1.807) is 0 Å². The maximum Gasteiger partial charge on any atom is 0.119 e. The lowest BCUT2D eigenvalue weighted by Crippen LogP contribution is -2.41. The summed E-state index contributed by atoms with van der Waals surface area (Å²) in [6.45, 7) is 5.98. The monoisotopic (exact) mass is 320 g/mol. The van der Waals surface area contributed by atoms with Gasteiger partial charge in [-0.3, -0.25) is 4.90 Å². The van der Waals surface area contributed by atoms with Gasteiger partial charge in [0.25, 0.3) is 0 Å². The van der Waals surface area contributed by atoms with Gasteiger partial charge in [0.2, 0.25) is 0 Å². The average molecular weight is 320 g/mol. The highest BCUT2D eigenvalue weighted by molar-refractivity contribution is 5.28. The normalized spacial score (nSPS) is 21.8. The van der Waals surface area contributed by atoms with Crippen molar-refractivity contribution in [3.63, 3.8) is 0 Å². The second kappa shape index (κ2) is 8.11.